The topological polar surface area (TPSA) is 64.8 Å². The summed E-state index contributed by atoms with van der Waals surface area (Å²) in [6.45, 7) is 0.737. The van der Waals surface area contributed by atoms with Crippen molar-refractivity contribution in [3.63, 3.8) is 0 Å². The average molecular weight is 392 g/mol. The third kappa shape index (κ3) is 3.97. The predicted octanol–water partition coefficient (Wildman–Crippen LogP) is 4.27. The van der Waals surface area contributed by atoms with Crippen LogP contribution in [0.15, 0.2) is 59.2 Å². The Hall–Kier alpha value is -3.28. The zero-order valence-corrected chi connectivity index (χ0v) is 16.6. The smallest absolute Gasteiger partial charge is 0.229 e. The molecule has 3 aromatic rings. The van der Waals surface area contributed by atoms with E-state index in [0.29, 0.717) is 23.1 Å². The van der Waals surface area contributed by atoms with Crippen molar-refractivity contribution in [3.8, 4) is 23.0 Å². The molecule has 1 atom stereocenters. The summed E-state index contributed by atoms with van der Waals surface area (Å²) in [5, 5.41) is 0. The van der Waals surface area contributed by atoms with E-state index in [2.05, 4.69) is 4.98 Å². The van der Waals surface area contributed by atoms with Gasteiger partial charge in [0.05, 0.1) is 32.4 Å². The Morgan fingerprint density at radius 2 is 1.93 bits per heavy atom. The summed E-state index contributed by atoms with van der Waals surface area (Å²) in [5.74, 6) is 1.94. The van der Waals surface area contributed by atoms with Crippen LogP contribution < -0.4 is 9.47 Å². The van der Waals surface area contributed by atoms with Gasteiger partial charge in [0.25, 0.3) is 0 Å². The summed E-state index contributed by atoms with van der Waals surface area (Å²) < 4.78 is 16.3. The molecule has 0 spiro atoms. The van der Waals surface area contributed by atoms with Crippen molar-refractivity contribution in [2.24, 2.45) is 0 Å². The van der Waals surface area contributed by atoms with Crippen molar-refractivity contribution in [2.75, 3.05) is 20.8 Å². The van der Waals surface area contributed by atoms with Crippen molar-refractivity contribution in [3.05, 3.63) is 66.1 Å². The molecule has 2 heterocycles. The van der Waals surface area contributed by atoms with Crippen molar-refractivity contribution in [1.82, 2.24) is 9.88 Å². The van der Waals surface area contributed by atoms with Gasteiger partial charge in [0.1, 0.15) is 6.26 Å². The number of carbonyl (C=O) groups is 1. The Balaban J connectivity index is 1.49. The number of benzene rings is 2. The highest BCUT2D eigenvalue weighted by Crippen LogP contribution is 2.37. The molecule has 1 aliphatic rings. The van der Waals surface area contributed by atoms with E-state index >= 15 is 0 Å². The molecule has 0 bridgehead atoms. The minimum atomic E-state index is 0.0304. The van der Waals surface area contributed by atoms with Gasteiger partial charge in [0.2, 0.25) is 11.8 Å². The molecule has 1 aliphatic heterocycles. The number of rotatable bonds is 6. The summed E-state index contributed by atoms with van der Waals surface area (Å²) in [4.78, 5) is 19.4. The number of hydrogen-bond donors (Lipinski definition) is 0. The van der Waals surface area contributed by atoms with E-state index in [1.54, 1.807) is 20.5 Å². The maximum absolute atomic E-state index is 13.0. The van der Waals surface area contributed by atoms with Gasteiger partial charge in [0, 0.05) is 12.1 Å². The number of nitrogens with zero attached hydrogens (tertiary/aromatic N) is 2. The summed E-state index contributed by atoms with van der Waals surface area (Å²) in [7, 11) is 3.23. The lowest BCUT2D eigenvalue weighted by atomic mass is 10.0. The van der Waals surface area contributed by atoms with Crippen molar-refractivity contribution >= 4 is 5.91 Å². The lowest BCUT2D eigenvalue weighted by Crippen LogP contribution is -2.31. The van der Waals surface area contributed by atoms with Crippen molar-refractivity contribution < 1.29 is 18.7 Å². The SMILES string of the molecule is COc1ccc([C@H]2CCCN2C(=O)Cc2coc(-c3ccccc3)n2)cc1OC. The van der Waals surface area contributed by atoms with Crippen LogP contribution in [-0.4, -0.2) is 36.6 Å². The van der Waals surface area contributed by atoms with Crippen LogP contribution in [0.4, 0.5) is 0 Å². The molecule has 150 valence electrons. The fourth-order valence-electron chi connectivity index (χ4n) is 3.83. The number of amides is 1. The number of hydrogen-bond acceptors (Lipinski definition) is 5. The minimum Gasteiger partial charge on any atom is -0.493 e. The van der Waals surface area contributed by atoms with Gasteiger partial charge in [-0.05, 0) is 42.7 Å². The zero-order valence-electron chi connectivity index (χ0n) is 16.6. The standard InChI is InChI=1S/C23H24N2O4/c1-27-20-11-10-17(13-21(20)28-2)19-9-6-12-25(19)22(26)14-18-15-29-23(24-18)16-7-4-3-5-8-16/h3-5,7-8,10-11,13,15,19H,6,9,12,14H2,1-2H3/t19-/m1/s1. The Labute approximate surface area is 170 Å². The molecule has 2 aromatic carbocycles. The second-order valence-corrected chi connectivity index (χ2v) is 7.05. The van der Waals surface area contributed by atoms with E-state index in [1.165, 1.54) is 0 Å². The molecule has 0 N–H and O–H groups in total. The molecular formula is C23H24N2O4. The zero-order chi connectivity index (χ0) is 20.2. The summed E-state index contributed by atoms with van der Waals surface area (Å²) in [6.07, 6.45) is 3.69. The molecule has 29 heavy (non-hydrogen) atoms. The van der Waals surface area contributed by atoms with Crippen LogP contribution >= 0.6 is 0 Å². The number of aromatic nitrogens is 1. The molecule has 0 radical (unpaired) electrons. The van der Waals surface area contributed by atoms with Gasteiger partial charge in [-0.3, -0.25) is 4.79 Å². The number of ether oxygens (including phenoxy) is 2. The summed E-state index contributed by atoms with van der Waals surface area (Å²) in [6, 6.07) is 15.6. The fourth-order valence-corrected chi connectivity index (χ4v) is 3.83. The first-order chi connectivity index (χ1) is 14.2. The Morgan fingerprint density at radius 1 is 1.14 bits per heavy atom. The molecule has 4 rings (SSSR count). The van der Waals surface area contributed by atoms with E-state index in [-0.39, 0.29) is 18.4 Å². The van der Waals surface area contributed by atoms with Gasteiger partial charge in [0.15, 0.2) is 11.5 Å². The monoisotopic (exact) mass is 392 g/mol. The van der Waals surface area contributed by atoms with Gasteiger partial charge in [-0.1, -0.05) is 24.3 Å². The van der Waals surface area contributed by atoms with Crippen LogP contribution in [0.2, 0.25) is 0 Å². The number of oxazole rings is 1. The van der Waals surface area contributed by atoms with Crippen LogP contribution in [0.3, 0.4) is 0 Å². The van der Waals surface area contributed by atoms with Crippen molar-refractivity contribution in [2.45, 2.75) is 25.3 Å². The van der Waals surface area contributed by atoms with Crippen LogP contribution in [0.1, 0.15) is 30.1 Å². The van der Waals surface area contributed by atoms with E-state index in [4.69, 9.17) is 13.9 Å². The quantitative estimate of drug-likeness (QED) is 0.627. The predicted molar refractivity (Wildman–Crippen MR) is 109 cm³/mol. The van der Waals surface area contributed by atoms with Crippen molar-refractivity contribution in [1.29, 1.82) is 0 Å². The molecule has 0 saturated carbocycles. The molecule has 0 unspecified atom stereocenters. The van der Waals surface area contributed by atoms with Gasteiger partial charge >= 0.3 is 0 Å². The largest absolute Gasteiger partial charge is 0.493 e. The molecule has 1 saturated heterocycles. The fraction of sp³-hybridized carbons (Fsp3) is 0.304. The minimum absolute atomic E-state index is 0.0304. The van der Waals surface area contributed by atoms with Gasteiger partial charge in [-0.2, -0.15) is 0 Å². The molecule has 1 fully saturated rings. The third-order valence-corrected chi connectivity index (χ3v) is 5.27. The average Bonchev–Trinajstić information content (AvgIpc) is 3.43. The van der Waals surface area contributed by atoms with Gasteiger partial charge < -0.3 is 18.8 Å². The first kappa shape index (κ1) is 19.1. The molecule has 6 heteroatoms. The lowest BCUT2D eigenvalue weighted by molar-refractivity contribution is -0.131. The Kier molecular flexibility index (Phi) is 5.51. The third-order valence-electron chi connectivity index (χ3n) is 5.27. The van der Waals surface area contributed by atoms with E-state index in [9.17, 15) is 4.79 Å². The van der Waals surface area contributed by atoms with Gasteiger partial charge in [-0.15, -0.1) is 0 Å². The van der Waals surface area contributed by atoms with E-state index in [1.807, 2.05) is 53.4 Å². The number of methoxy groups -OCH3 is 2. The highest BCUT2D eigenvalue weighted by atomic mass is 16.5. The molecule has 0 aliphatic carbocycles. The highest BCUT2D eigenvalue weighted by Gasteiger charge is 2.31. The maximum atomic E-state index is 13.0. The van der Waals surface area contributed by atoms with Gasteiger partial charge in [-0.25, -0.2) is 4.98 Å². The maximum Gasteiger partial charge on any atom is 0.229 e. The normalized spacial score (nSPS) is 16.1. The first-order valence-corrected chi connectivity index (χ1v) is 9.71. The lowest BCUT2D eigenvalue weighted by Gasteiger charge is -2.25. The number of carbonyl (C=O) groups excluding carboxylic acids is 1. The van der Waals surface area contributed by atoms with E-state index in [0.717, 1.165) is 30.5 Å². The molecule has 6 nitrogen and oxygen atoms in total. The summed E-state index contributed by atoms with van der Waals surface area (Å²) in [5.41, 5.74) is 2.60. The van der Waals surface area contributed by atoms with Crippen LogP contribution in [0.25, 0.3) is 11.5 Å². The second kappa shape index (κ2) is 8.39. The van der Waals surface area contributed by atoms with Crippen LogP contribution in [-0.2, 0) is 11.2 Å². The highest BCUT2D eigenvalue weighted by molar-refractivity contribution is 5.79. The molecule has 1 aromatic heterocycles. The van der Waals surface area contributed by atoms with Crippen LogP contribution in [0.5, 0.6) is 11.5 Å². The second-order valence-electron chi connectivity index (χ2n) is 7.05. The van der Waals surface area contributed by atoms with Crippen LogP contribution in [0, 0.1) is 0 Å². The van der Waals surface area contributed by atoms with E-state index < -0.39 is 0 Å². The first-order valence-electron chi connectivity index (χ1n) is 9.71. The molecular weight excluding hydrogens is 368 g/mol. The Bertz CT molecular complexity index is 984. The number of likely N-dealkylation sites (tertiary alicyclic amines) is 1. The Morgan fingerprint density at radius 3 is 2.69 bits per heavy atom. The summed E-state index contributed by atoms with van der Waals surface area (Å²) >= 11 is 0. The molecule has 1 amide bonds.